The zero-order valence-electron chi connectivity index (χ0n) is 19.3. The molecule has 2 amide bonds. The Labute approximate surface area is 188 Å². The van der Waals surface area contributed by atoms with Crippen molar-refractivity contribution in [1.29, 1.82) is 0 Å². The molecule has 1 N–H and O–H groups in total. The lowest BCUT2D eigenvalue weighted by Crippen LogP contribution is -2.29. The average molecular weight is 435 g/mol. The molecule has 6 nitrogen and oxygen atoms in total. The third-order valence-electron chi connectivity index (χ3n) is 5.26. The minimum absolute atomic E-state index is 0.00623. The number of amides is 2. The molecule has 0 saturated heterocycles. The Balaban J connectivity index is 1.96. The van der Waals surface area contributed by atoms with Gasteiger partial charge in [0, 0.05) is 36.2 Å². The fourth-order valence-electron chi connectivity index (χ4n) is 3.36. The van der Waals surface area contributed by atoms with Gasteiger partial charge in [-0.05, 0) is 42.8 Å². The van der Waals surface area contributed by atoms with E-state index in [0.29, 0.717) is 29.0 Å². The van der Waals surface area contributed by atoms with Gasteiger partial charge in [0.2, 0.25) is 11.8 Å². The van der Waals surface area contributed by atoms with Crippen molar-refractivity contribution in [2.75, 3.05) is 16.8 Å². The molecule has 6 heteroatoms. The van der Waals surface area contributed by atoms with Crippen LogP contribution in [-0.2, 0) is 9.59 Å². The first-order valence-electron chi connectivity index (χ1n) is 10.9. The van der Waals surface area contributed by atoms with Crippen LogP contribution >= 0.6 is 0 Å². The third kappa shape index (κ3) is 5.07. The monoisotopic (exact) mass is 434 g/mol. The predicted octanol–water partition coefficient (Wildman–Crippen LogP) is 5.60. The average Bonchev–Trinajstić information content (AvgIpc) is 2.73. The number of nitrogens with one attached hydrogen (secondary N) is 1. The first-order chi connectivity index (χ1) is 15.1. The second-order valence-corrected chi connectivity index (χ2v) is 8.93. The Bertz CT molecular complexity index is 1190. The van der Waals surface area contributed by atoms with Gasteiger partial charge >= 0.3 is 0 Å². The van der Waals surface area contributed by atoms with Crippen molar-refractivity contribution >= 4 is 34.2 Å². The van der Waals surface area contributed by atoms with E-state index < -0.39 is 5.41 Å². The van der Waals surface area contributed by atoms with Crippen molar-refractivity contribution in [3.8, 4) is 11.3 Å². The highest BCUT2D eigenvalue weighted by atomic mass is 16.3. The molecule has 0 saturated carbocycles. The van der Waals surface area contributed by atoms with Gasteiger partial charge in [-0.1, -0.05) is 40.2 Å². The predicted molar refractivity (Wildman–Crippen MR) is 129 cm³/mol. The van der Waals surface area contributed by atoms with Crippen LogP contribution in [0.5, 0.6) is 0 Å². The first-order valence-corrected chi connectivity index (χ1v) is 10.9. The van der Waals surface area contributed by atoms with Gasteiger partial charge in [-0.2, -0.15) is 0 Å². The lowest BCUT2D eigenvalue weighted by Gasteiger charge is -2.21. The molecule has 1 heterocycles. The van der Waals surface area contributed by atoms with Crippen LogP contribution in [0.2, 0.25) is 0 Å². The molecular formula is C26H30N2O4. The van der Waals surface area contributed by atoms with Gasteiger partial charge in [0.15, 0.2) is 5.43 Å². The van der Waals surface area contributed by atoms with Crippen molar-refractivity contribution in [2.24, 2.45) is 5.41 Å². The smallest absolute Gasteiger partial charge is 0.229 e. The van der Waals surface area contributed by atoms with E-state index in [4.69, 9.17) is 4.42 Å². The largest absolute Gasteiger partial charge is 0.456 e. The Kier molecular flexibility index (Phi) is 6.82. The van der Waals surface area contributed by atoms with E-state index in [2.05, 4.69) is 12.2 Å². The molecule has 0 bridgehead atoms. The number of carbonyl (C=O) groups excluding carboxylic acids is 2. The van der Waals surface area contributed by atoms with Crippen LogP contribution in [-0.4, -0.2) is 18.4 Å². The molecule has 168 valence electrons. The number of fused-ring (bicyclic) bond motifs is 1. The van der Waals surface area contributed by atoms with Gasteiger partial charge in [0.25, 0.3) is 0 Å². The van der Waals surface area contributed by atoms with E-state index >= 15 is 0 Å². The van der Waals surface area contributed by atoms with Crippen molar-refractivity contribution < 1.29 is 14.0 Å². The van der Waals surface area contributed by atoms with E-state index in [1.165, 1.54) is 6.07 Å². The molecule has 3 aromatic rings. The Hall–Kier alpha value is -3.41. The molecular weight excluding hydrogens is 404 g/mol. The topological polar surface area (TPSA) is 79.6 Å². The summed E-state index contributed by atoms with van der Waals surface area (Å²) < 4.78 is 6.02. The summed E-state index contributed by atoms with van der Waals surface area (Å²) >= 11 is 0. The van der Waals surface area contributed by atoms with Crippen LogP contribution in [0.15, 0.2) is 57.7 Å². The van der Waals surface area contributed by atoms with Gasteiger partial charge < -0.3 is 14.6 Å². The molecule has 2 aromatic carbocycles. The molecule has 0 fully saturated rings. The SMILES string of the molecule is CCCCN(C(C)=O)c1ccc(-c2cc(=O)c3c(NC(=O)C(C)(C)C)cccc3o2)cc1. The fourth-order valence-corrected chi connectivity index (χ4v) is 3.36. The van der Waals surface area contributed by atoms with E-state index in [1.54, 1.807) is 30.0 Å². The number of carbonyl (C=O) groups is 2. The quantitative estimate of drug-likeness (QED) is 0.548. The Morgan fingerprint density at radius 1 is 1.06 bits per heavy atom. The Morgan fingerprint density at radius 3 is 2.34 bits per heavy atom. The van der Waals surface area contributed by atoms with Crippen molar-refractivity contribution in [3.05, 3.63) is 58.8 Å². The van der Waals surface area contributed by atoms with E-state index in [1.807, 2.05) is 45.0 Å². The lowest BCUT2D eigenvalue weighted by molar-refractivity contribution is -0.123. The summed E-state index contributed by atoms with van der Waals surface area (Å²) in [7, 11) is 0. The van der Waals surface area contributed by atoms with Crippen molar-refractivity contribution in [1.82, 2.24) is 0 Å². The van der Waals surface area contributed by atoms with Crippen LogP contribution in [0.3, 0.4) is 0 Å². The molecule has 3 rings (SSSR count). The van der Waals surface area contributed by atoms with Gasteiger partial charge in [-0.3, -0.25) is 14.4 Å². The van der Waals surface area contributed by atoms with Gasteiger partial charge in [-0.15, -0.1) is 0 Å². The molecule has 0 spiro atoms. The number of hydrogen-bond acceptors (Lipinski definition) is 4. The van der Waals surface area contributed by atoms with E-state index in [9.17, 15) is 14.4 Å². The first kappa shape index (κ1) is 23.3. The number of unbranched alkanes of at least 4 members (excludes halogenated alkanes) is 1. The van der Waals surface area contributed by atoms with Crippen molar-refractivity contribution in [2.45, 2.75) is 47.5 Å². The summed E-state index contributed by atoms with van der Waals surface area (Å²) in [6.45, 7) is 9.75. The highest BCUT2D eigenvalue weighted by Crippen LogP contribution is 2.28. The summed E-state index contributed by atoms with van der Waals surface area (Å²) in [5.74, 6) is 0.242. The van der Waals surface area contributed by atoms with E-state index in [-0.39, 0.29) is 17.2 Å². The molecule has 1 aromatic heterocycles. The van der Waals surface area contributed by atoms with E-state index in [0.717, 1.165) is 24.1 Å². The summed E-state index contributed by atoms with van der Waals surface area (Å²) in [4.78, 5) is 39.1. The van der Waals surface area contributed by atoms with Crippen LogP contribution in [0.4, 0.5) is 11.4 Å². The maximum Gasteiger partial charge on any atom is 0.229 e. The number of nitrogens with zero attached hydrogens (tertiary/aromatic N) is 1. The minimum atomic E-state index is -0.588. The molecule has 0 radical (unpaired) electrons. The van der Waals surface area contributed by atoms with Gasteiger partial charge in [-0.25, -0.2) is 0 Å². The van der Waals surface area contributed by atoms with Gasteiger partial charge in [0.1, 0.15) is 11.3 Å². The number of benzene rings is 2. The van der Waals surface area contributed by atoms with Crippen molar-refractivity contribution in [3.63, 3.8) is 0 Å². The summed E-state index contributed by atoms with van der Waals surface area (Å²) in [5.41, 5.74) is 1.56. The van der Waals surface area contributed by atoms with Crippen LogP contribution in [0, 0.1) is 5.41 Å². The normalized spacial score (nSPS) is 11.4. The number of rotatable bonds is 6. The molecule has 0 aliphatic carbocycles. The zero-order valence-corrected chi connectivity index (χ0v) is 19.3. The summed E-state index contributed by atoms with van der Waals surface area (Å²) in [6, 6.07) is 14.0. The molecule has 0 aliphatic heterocycles. The second kappa shape index (κ2) is 9.39. The fraction of sp³-hybridized carbons (Fsp3) is 0.346. The molecule has 0 aliphatic rings. The third-order valence-corrected chi connectivity index (χ3v) is 5.26. The summed E-state index contributed by atoms with van der Waals surface area (Å²) in [5, 5.41) is 3.18. The maximum absolute atomic E-state index is 12.9. The molecule has 0 unspecified atom stereocenters. The van der Waals surface area contributed by atoms with Crippen LogP contribution < -0.4 is 15.6 Å². The zero-order chi connectivity index (χ0) is 23.5. The Morgan fingerprint density at radius 2 is 1.75 bits per heavy atom. The van der Waals surface area contributed by atoms with Gasteiger partial charge in [0.05, 0.1) is 11.1 Å². The number of anilines is 2. The maximum atomic E-state index is 12.9. The highest BCUT2D eigenvalue weighted by molar-refractivity contribution is 6.02. The minimum Gasteiger partial charge on any atom is -0.456 e. The second-order valence-electron chi connectivity index (χ2n) is 8.93. The van der Waals surface area contributed by atoms with Crippen LogP contribution in [0.1, 0.15) is 47.5 Å². The number of hydrogen-bond donors (Lipinski definition) is 1. The van der Waals surface area contributed by atoms with Crippen LogP contribution in [0.25, 0.3) is 22.3 Å². The molecule has 32 heavy (non-hydrogen) atoms. The standard InChI is InChI=1S/C26H30N2O4/c1-6-7-15-28(17(2)29)19-13-11-18(12-14-19)23-16-21(30)24-20(9-8-10-22(24)32-23)27-25(31)26(3,4)5/h8-14,16H,6-7,15H2,1-5H3,(H,27,31). The lowest BCUT2D eigenvalue weighted by atomic mass is 9.95. The molecule has 0 atom stereocenters. The summed E-state index contributed by atoms with van der Waals surface area (Å²) in [6.07, 6.45) is 1.93. The highest BCUT2D eigenvalue weighted by Gasteiger charge is 2.22.